The molecular formula is C24H32Cl2SiZr. The van der Waals surface area contributed by atoms with Crippen LogP contribution in [0.1, 0.15) is 48.0 Å². The Labute approximate surface area is 204 Å². The average molecular weight is 511 g/mol. The van der Waals surface area contributed by atoms with Gasteiger partial charge in [0.2, 0.25) is 0 Å². The standard InChI is InChI=1S/C14H17Si.C10H15.2ClH.Zr/c1-2-15(10-5-11-15)14-9-8-12-6-3-4-7-13(12)14;1-7-6-10(4,5)9(3)8(7)2;;;/h3-4,6-9H,2,5,10-11H2,1H3;1-5H3;2*1H;/q2*-1;;;+4/p-2. The van der Waals surface area contributed by atoms with E-state index in [1.807, 2.05) is 0 Å². The molecule has 0 aromatic heterocycles. The Balaban J connectivity index is 0.000000503. The third-order valence-corrected chi connectivity index (χ3v) is 12.4. The number of hydrogen-bond donors (Lipinski definition) is 0. The van der Waals surface area contributed by atoms with E-state index in [9.17, 15) is 0 Å². The minimum absolute atomic E-state index is 0. The van der Waals surface area contributed by atoms with Crippen LogP contribution >= 0.6 is 0 Å². The predicted molar refractivity (Wildman–Crippen MR) is 114 cm³/mol. The molecule has 0 bridgehead atoms. The molecule has 28 heavy (non-hydrogen) atoms. The van der Waals surface area contributed by atoms with E-state index in [1.165, 1.54) is 46.7 Å². The fourth-order valence-electron chi connectivity index (χ4n) is 4.44. The summed E-state index contributed by atoms with van der Waals surface area (Å²) in [7, 11) is -1.01. The predicted octanol–water partition coefficient (Wildman–Crippen LogP) is 0.756. The van der Waals surface area contributed by atoms with Crippen LogP contribution in [-0.2, 0) is 26.2 Å². The Hall–Kier alpha value is -0.01000. The van der Waals surface area contributed by atoms with Crippen molar-refractivity contribution in [1.29, 1.82) is 0 Å². The zero-order valence-corrected chi connectivity index (χ0v) is 23.0. The Bertz CT molecular complexity index is 836. The maximum absolute atomic E-state index is 3.44. The molecule has 0 unspecified atom stereocenters. The van der Waals surface area contributed by atoms with Gasteiger partial charge in [-0.2, -0.15) is 23.3 Å². The second-order valence-corrected chi connectivity index (χ2v) is 13.3. The first-order valence-electron chi connectivity index (χ1n) is 9.76. The van der Waals surface area contributed by atoms with E-state index in [4.69, 9.17) is 0 Å². The summed E-state index contributed by atoms with van der Waals surface area (Å²) in [5.74, 6) is 0. The number of rotatable bonds is 2. The van der Waals surface area contributed by atoms with Gasteiger partial charge < -0.3 is 24.8 Å². The minimum atomic E-state index is -1.01. The van der Waals surface area contributed by atoms with Crippen molar-refractivity contribution >= 4 is 24.0 Å². The van der Waals surface area contributed by atoms with Crippen molar-refractivity contribution in [3.63, 3.8) is 0 Å². The van der Waals surface area contributed by atoms with Gasteiger partial charge in [-0.3, -0.25) is 6.08 Å². The summed E-state index contributed by atoms with van der Waals surface area (Å²) in [5, 5.41) is 4.73. The van der Waals surface area contributed by atoms with Crippen molar-refractivity contribution in [1.82, 2.24) is 0 Å². The van der Waals surface area contributed by atoms with Gasteiger partial charge in [-0.25, -0.2) is 5.57 Å². The molecular weight excluding hydrogens is 478 g/mol. The van der Waals surface area contributed by atoms with Crippen LogP contribution in [0.3, 0.4) is 0 Å². The molecule has 0 amide bonds. The number of benzene rings is 1. The van der Waals surface area contributed by atoms with Crippen molar-refractivity contribution < 1.29 is 51.0 Å². The van der Waals surface area contributed by atoms with Crippen LogP contribution < -0.4 is 30.0 Å². The quantitative estimate of drug-likeness (QED) is 0.414. The Morgan fingerprint density at radius 2 is 1.64 bits per heavy atom. The van der Waals surface area contributed by atoms with Crippen LogP contribution in [0.15, 0.2) is 53.1 Å². The van der Waals surface area contributed by atoms with E-state index in [0.717, 1.165) is 0 Å². The van der Waals surface area contributed by atoms with Crippen molar-refractivity contribution in [2.45, 2.75) is 66.1 Å². The maximum Gasteiger partial charge on any atom is 4.00 e. The zero-order chi connectivity index (χ0) is 18.2. The average Bonchev–Trinajstić information content (AvgIpc) is 3.04. The molecule has 4 heteroatoms. The first-order valence-corrected chi connectivity index (χ1v) is 12.4. The zero-order valence-electron chi connectivity index (χ0n) is 18.0. The molecule has 150 valence electrons. The molecule has 2 aliphatic rings. The SMILES string of the molecule is CC1=[C-]C(C)(C)C(C)=C1C.CC[Si]1([c-]2ccc3ccccc32)CCC1.[Cl-].[Cl-].[Zr+4]. The smallest absolute Gasteiger partial charge is 1.00 e. The molecule has 1 heterocycles. The summed E-state index contributed by atoms with van der Waals surface area (Å²) in [5.41, 5.74) is 4.39. The molecule has 1 aliphatic heterocycles. The molecule has 0 nitrogen and oxygen atoms in total. The number of allylic oxidation sites excluding steroid dienone is 4. The molecule has 0 spiro atoms. The third kappa shape index (κ3) is 5.18. The molecule has 1 aliphatic carbocycles. The summed E-state index contributed by atoms with van der Waals surface area (Å²) >= 11 is 0. The fraction of sp³-hybridized carbons (Fsp3) is 0.458. The monoisotopic (exact) mass is 508 g/mol. The second-order valence-electron chi connectivity index (χ2n) is 8.45. The summed E-state index contributed by atoms with van der Waals surface area (Å²) < 4.78 is 0. The second kappa shape index (κ2) is 10.9. The summed E-state index contributed by atoms with van der Waals surface area (Å²) in [6, 6.07) is 18.1. The van der Waals surface area contributed by atoms with Crippen molar-refractivity contribution in [2.75, 3.05) is 0 Å². The van der Waals surface area contributed by atoms with E-state index in [-0.39, 0.29) is 56.4 Å². The Morgan fingerprint density at radius 1 is 1.04 bits per heavy atom. The molecule has 1 fully saturated rings. The van der Waals surface area contributed by atoms with Crippen molar-refractivity contribution in [2.24, 2.45) is 5.41 Å². The molecule has 0 atom stereocenters. The van der Waals surface area contributed by atoms with Crippen molar-refractivity contribution in [3.05, 3.63) is 59.2 Å². The van der Waals surface area contributed by atoms with Crippen LogP contribution in [0.2, 0.25) is 18.1 Å². The van der Waals surface area contributed by atoms with Crippen molar-refractivity contribution in [3.8, 4) is 0 Å². The van der Waals surface area contributed by atoms with E-state index >= 15 is 0 Å². The minimum Gasteiger partial charge on any atom is -1.00 e. The van der Waals surface area contributed by atoms with Crippen LogP contribution in [0.25, 0.3) is 10.8 Å². The normalized spacial score (nSPS) is 18.6. The summed E-state index contributed by atoms with van der Waals surface area (Å²) in [6.07, 6.45) is 4.91. The fourth-order valence-corrected chi connectivity index (χ4v) is 8.51. The van der Waals surface area contributed by atoms with Crippen LogP contribution in [0, 0.1) is 11.5 Å². The molecule has 2 aromatic carbocycles. The number of halogens is 2. The third-order valence-electron chi connectivity index (χ3n) is 6.80. The number of fused-ring (bicyclic) bond motifs is 1. The van der Waals surface area contributed by atoms with Crippen LogP contribution in [0.5, 0.6) is 0 Å². The van der Waals surface area contributed by atoms with Gasteiger partial charge >= 0.3 is 26.2 Å². The van der Waals surface area contributed by atoms with Crippen LogP contribution in [0.4, 0.5) is 0 Å². The Morgan fingerprint density at radius 3 is 2.04 bits per heavy atom. The topological polar surface area (TPSA) is 0 Å². The first-order chi connectivity index (χ1) is 11.8. The number of hydrogen-bond acceptors (Lipinski definition) is 0. The largest absolute Gasteiger partial charge is 4.00 e. The Kier molecular flexibility index (Phi) is 10.8. The van der Waals surface area contributed by atoms with E-state index in [1.54, 1.807) is 10.6 Å². The van der Waals surface area contributed by atoms with Gasteiger partial charge in [0.1, 0.15) is 0 Å². The van der Waals surface area contributed by atoms with E-state index < -0.39 is 8.07 Å². The first kappa shape index (κ1) is 28.0. The molecule has 0 saturated carbocycles. The van der Waals surface area contributed by atoms with Gasteiger partial charge in [0, 0.05) is 8.07 Å². The van der Waals surface area contributed by atoms with Gasteiger partial charge in [-0.15, -0.1) is 41.1 Å². The van der Waals surface area contributed by atoms with E-state index in [2.05, 4.69) is 84.0 Å². The molecule has 0 N–H and O–H groups in total. The van der Waals surface area contributed by atoms with Gasteiger partial charge in [-0.05, 0) is 0 Å². The van der Waals surface area contributed by atoms with Gasteiger partial charge in [-0.1, -0.05) is 70.7 Å². The van der Waals surface area contributed by atoms with E-state index in [0.29, 0.717) is 0 Å². The van der Waals surface area contributed by atoms with Gasteiger partial charge in [0.25, 0.3) is 0 Å². The summed E-state index contributed by atoms with van der Waals surface area (Å²) in [4.78, 5) is 0. The molecule has 2 aromatic rings. The van der Waals surface area contributed by atoms with Crippen LogP contribution in [-0.4, -0.2) is 8.07 Å². The molecule has 4 rings (SSSR count). The summed E-state index contributed by atoms with van der Waals surface area (Å²) in [6.45, 7) is 13.3. The maximum atomic E-state index is 3.44. The van der Waals surface area contributed by atoms with Gasteiger partial charge in [0.15, 0.2) is 0 Å². The molecule has 1 saturated heterocycles. The van der Waals surface area contributed by atoms with Gasteiger partial charge in [0.05, 0.1) is 0 Å². The molecule has 0 radical (unpaired) electrons.